The molecule has 9 heteroatoms. The number of hydrogen-bond donors (Lipinski definition) is 5. The van der Waals surface area contributed by atoms with E-state index < -0.39 is 22.7 Å². The molecular formula is C12H15N5O3S. The number of aromatic nitrogens is 2. The molecule has 1 aromatic heterocycles. The van der Waals surface area contributed by atoms with Gasteiger partial charge in [-0.05, 0) is 18.2 Å². The van der Waals surface area contributed by atoms with Gasteiger partial charge in [0.1, 0.15) is 0 Å². The van der Waals surface area contributed by atoms with Crippen LogP contribution >= 0.6 is 0 Å². The van der Waals surface area contributed by atoms with Gasteiger partial charge in [0.25, 0.3) is 0 Å². The van der Waals surface area contributed by atoms with Gasteiger partial charge in [0.15, 0.2) is 10.7 Å². The molecule has 6 N–H and O–H groups in total. The largest absolute Gasteiger partial charge is 0.397 e. The lowest BCUT2D eigenvalue weighted by atomic mass is 10.1. The van der Waals surface area contributed by atoms with Crippen molar-refractivity contribution in [1.29, 1.82) is 0 Å². The molecule has 0 fully saturated rings. The van der Waals surface area contributed by atoms with Crippen molar-refractivity contribution in [3.05, 3.63) is 36.4 Å². The Kier molecular flexibility index (Phi) is 4.55. The van der Waals surface area contributed by atoms with Crippen LogP contribution in [0.25, 0.3) is 0 Å². The van der Waals surface area contributed by atoms with Crippen molar-refractivity contribution < 1.29 is 13.2 Å². The number of anilines is 2. The number of H-pyrrole nitrogens is 1. The highest BCUT2D eigenvalue weighted by atomic mass is 32.2. The second-order valence-corrected chi connectivity index (χ2v) is 5.42. The fourth-order valence-corrected chi connectivity index (χ4v) is 2.16. The van der Waals surface area contributed by atoms with Gasteiger partial charge in [0.2, 0.25) is 5.91 Å². The normalized spacial score (nSPS) is 12.3. The quantitative estimate of drug-likeness (QED) is 0.371. The summed E-state index contributed by atoms with van der Waals surface area (Å²) >= 11 is 0. The highest BCUT2D eigenvalue weighted by Crippen LogP contribution is 2.20. The topological polar surface area (TPSA) is 144 Å². The van der Waals surface area contributed by atoms with Gasteiger partial charge in [0.05, 0.1) is 34.3 Å². The molecule has 0 unspecified atom stereocenters. The van der Waals surface area contributed by atoms with Gasteiger partial charge >= 0.3 is 0 Å². The SMILES string of the molecule is Nc1cc([SH](=O)=O)ccc1NC(=O)[C@@H](N)Cc1c[nH]cn1. The number of rotatable bonds is 5. The van der Waals surface area contributed by atoms with E-state index in [2.05, 4.69) is 15.3 Å². The average Bonchev–Trinajstić information content (AvgIpc) is 2.93. The van der Waals surface area contributed by atoms with Crippen LogP contribution < -0.4 is 16.8 Å². The van der Waals surface area contributed by atoms with Crippen LogP contribution in [-0.4, -0.2) is 30.3 Å². The van der Waals surface area contributed by atoms with Gasteiger partial charge in [-0.15, -0.1) is 0 Å². The number of carbonyl (C=O) groups is 1. The zero-order valence-electron chi connectivity index (χ0n) is 10.9. The number of thiol groups is 1. The van der Waals surface area contributed by atoms with Crippen molar-refractivity contribution in [2.45, 2.75) is 17.4 Å². The molecular weight excluding hydrogens is 294 g/mol. The Bertz CT molecular complexity index is 704. The van der Waals surface area contributed by atoms with Crippen molar-refractivity contribution in [2.75, 3.05) is 11.1 Å². The molecule has 21 heavy (non-hydrogen) atoms. The predicted molar refractivity (Wildman–Crippen MR) is 78.3 cm³/mol. The molecule has 0 aliphatic rings. The maximum Gasteiger partial charge on any atom is 0.241 e. The van der Waals surface area contributed by atoms with Crippen molar-refractivity contribution in [3.8, 4) is 0 Å². The molecule has 2 rings (SSSR count). The number of amides is 1. The van der Waals surface area contributed by atoms with E-state index in [1.165, 1.54) is 24.5 Å². The zero-order chi connectivity index (χ0) is 15.4. The summed E-state index contributed by atoms with van der Waals surface area (Å²) in [7, 11) is -2.71. The van der Waals surface area contributed by atoms with Gasteiger partial charge in [-0.2, -0.15) is 0 Å². The first-order chi connectivity index (χ1) is 9.97. The van der Waals surface area contributed by atoms with Gasteiger partial charge < -0.3 is 21.8 Å². The van der Waals surface area contributed by atoms with E-state index in [4.69, 9.17) is 11.5 Å². The van der Waals surface area contributed by atoms with Gasteiger partial charge in [-0.1, -0.05) is 0 Å². The fraction of sp³-hybridized carbons (Fsp3) is 0.167. The molecule has 0 radical (unpaired) electrons. The maximum atomic E-state index is 12.0. The van der Waals surface area contributed by atoms with Crippen molar-refractivity contribution in [1.82, 2.24) is 9.97 Å². The number of nitrogens with two attached hydrogens (primary N) is 2. The van der Waals surface area contributed by atoms with Crippen LogP contribution in [-0.2, 0) is 21.9 Å². The van der Waals surface area contributed by atoms with Crippen LogP contribution in [0.4, 0.5) is 11.4 Å². The van der Waals surface area contributed by atoms with E-state index >= 15 is 0 Å². The third kappa shape index (κ3) is 3.80. The lowest BCUT2D eigenvalue weighted by Crippen LogP contribution is -2.37. The minimum Gasteiger partial charge on any atom is -0.397 e. The lowest BCUT2D eigenvalue weighted by molar-refractivity contribution is -0.117. The zero-order valence-corrected chi connectivity index (χ0v) is 11.8. The summed E-state index contributed by atoms with van der Waals surface area (Å²) in [5, 5.41) is 2.56. The first kappa shape index (κ1) is 15.0. The standard InChI is InChI=1S/C12H15N5O3S/c13-9-4-8(21(19)20)1-2-11(9)17-12(18)10(14)3-7-5-15-6-16-7/h1-2,4-6,10,21H,3,13-14H2,(H,15,16)(H,17,18)/t10-/m0/s1. The highest BCUT2D eigenvalue weighted by Gasteiger charge is 2.16. The Labute approximate surface area is 122 Å². The number of nitrogens with zero attached hydrogens (tertiary/aromatic N) is 1. The number of benzene rings is 1. The minimum absolute atomic E-state index is 0.0846. The predicted octanol–water partition coefficient (Wildman–Crippen LogP) is -0.529. The summed E-state index contributed by atoms with van der Waals surface area (Å²) in [4.78, 5) is 18.8. The maximum absolute atomic E-state index is 12.0. The summed E-state index contributed by atoms with van der Waals surface area (Å²) in [6.07, 6.45) is 3.43. The smallest absolute Gasteiger partial charge is 0.241 e. The third-order valence-electron chi connectivity index (χ3n) is 2.82. The van der Waals surface area contributed by atoms with E-state index in [1.807, 2.05) is 0 Å². The summed E-state index contributed by atoms with van der Waals surface area (Å²) in [5.74, 6) is -0.427. The molecule has 2 aromatic rings. The van der Waals surface area contributed by atoms with Crippen LogP contribution in [0.5, 0.6) is 0 Å². The lowest BCUT2D eigenvalue weighted by Gasteiger charge is -2.12. The molecule has 0 spiro atoms. The molecule has 1 heterocycles. The van der Waals surface area contributed by atoms with Gasteiger partial charge in [0, 0.05) is 12.6 Å². The molecule has 0 aliphatic heterocycles. The summed E-state index contributed by atoms with van der Waals surface area (Å²) in [6, 6.07) is 3.27. The van der Waals surface area contributed by atoms with Crippen molar-refractivity contribution >= 4 is 28.0 Å². The fourth-order valence-electron chi connectivity index (χ4n) is 1.72. The Hall–Kier alpha value is -2.39. The summed E-state index contributed by atoms with van der Waals surface area (Å²) in [5.41, 5.74) is 12.6. The van der Waals surface area contributed by atoms with Crippen LogP contribution in [0.15, 0.2) is 35.6 Å². The van der Waals surface area contributed by atoms with Gasteiger partial charge in [-0.25, -0.2) is 13.4 Å². The molecule has 1 amide bonds. The number of hydrogen-bond acceptors (Lipinski definition) is 6. The van der Waals surface area contributed by atoms with Crippen LogP contribution in [0.2, 0.25) is 0 Å². The van der Waals surface area contributed by atoms with E-state index in [0.29, 0.717) is 11.4 Å². The molecule has 0 saturated carbocycles. The van der Waals surface area contributed by atoms with E-state index in [1.54, 1.807) is 6.20 Å². The first-order valence-corrected chi connectivity index (χ1v) is 7.23. The monoisotopic (exact) mass is 309 g/mol. The molecule has 1 aromatic carbocycles. The Morgan fingerprint density at radius 2 is 2.19 bits per heavy atom. The minimum atomic E-state index is -2.71. The van der Waals surface area contributed by atoms with Gasteiger partial charge in [-0.3, -0.25) is 4.79 Å². The molecule has 0 saturated heterocycles. The Morgan fingerprint density at radius 3 is 2.76 bits per heavy atom. The Morgan fingerprint density at radius 1 is 1.43 bits per heavy atom. The molecule has 0 bridgehead atoms. The molecule has 1 atom stereocenters. The number of nitrogens with one attached hydrogen (secondary N) is 2. The number of imidazole rings is 1. The summed E-state index contributed by atoms with van der Waals surface area (Å²) in [6.45, 7) is 0. The van der Waals surface area contributed by atoms with Crippen molar-refractivity contribution in [2.24, 2.45) is 5.73 Å². The first-order valence-electron chi connectivity index (χ1n) is 6.05. The number of carbonyl (C=O) groups excluding carboxylic acids is 1. The van der Waals surface area contributed by atoms with Crippen LogP contribution in [0, 0.1) is 0 Å². The van der Waals surface area contributed by atoms with E-state index in [0.717, 1.165) is 0 Å². The average molecular weight is 309 g/mol. The molecule has 112 valence electrons. The second-order valence-electron chi connectivity index (χ2n) is 4.39. The summed E-state index contributed by atoms with van der Waals surface area (Å²) < 4.78 is 21.7. The third-order valence-corrected chi connectivity index (χ3v) is 3.52. The molecule has 0 aliphatic carbocycles. The van der Waals surface area contributed by atoms with Crippen molar-refractivity contribution in [3.63, 3.8) is 0 Å². The van der Waals surface area contributed by atoms with E-state index in [-0.39, 0.29) is 17.0 Å². The Balaban J connectivity index is 2.05. The second kappa shape index (κ2) is 6.37. The molecule has 8 nitrogen and oxygen atoms in total. The van der Waals surface area contributed by atoms with Crippen LogP contribution in [0.1, 0.15) is 5.69 Å². The van der Waals surface area contributed by atoms with Crippen LogP contribution in [0.3, 0.4) is 0 Å². The number of aromatic amines is 1. The highest BCUT2D eigenvalue weighted by molar-refractivity contribution is 7.72. The number of nitrogen functional groups attached to an aromatic ring is 1. The van der Waals surface area contributed by atoms with E-state index in [9.17, 15) is 13.2 Å².